The first-order chi connectivity index (χ1) is 8.35. The third-order valence-electron chi connectivity index (χ3n) is 2.37. The Kier molecular flexibility index (Phi) is 3.48. The molecule has 0 aliphatic rings. The fourth-order valence-electron chi connectivity index (χ4n) is 1.55. The smallest absolute Gasteiger partial charge is 0.146 e. The third kappa shape index (κ3) is 2.49. The maximum atomic E-state index is 8.86. The average Bonchev–Trinajstić information content (AvgIpc) is 2.84. The summed E-state index contributed by atoms with van der Waals surface area (Å²) in [6.45, 7) is 3.58. The van der Waals surface area contributed by atoms with E-state index in [1.54, 1.807) is 16.8 Å². The van der Waals surface area contributed by atoms with E-state index in [1.807, 2.05) is 19.1 Å². The minimum atomic E-state index is 0.618. The van der Waals surface area contributed by atoms with Crippen molar-refractivity contribution in [2.75, 3.05) is 6.54 Å². The van der Waals surface area contributed by atoms with E-state index < -0.39 is 0 Å². The van der Waals surface area contributed by atoms with Crippen molar-refractivity contribution in [3.8, 4) is 11.8 Å². The second-order valence-electron chi connectivity index (χ2n) is 3.53. The summed E-state index contributed by atoms with van der Waals surface area (Å²) in [7, 11) is 0. The number of hydrogen-bond acceptors (Lipinski definition) is 4. The standard InChI is InChI=1S/C12H13N5/c1-2-14-8-12-15-9-16-17(12)11-5-3-4-10(6-11)7-13/h3-6,9,14H,2,8H2,1H3. The van der Waals surface area contributed by atoms with E-state index in [2.05, 4.69) is 21.5 Å². The number of rotatable bonds is 4. The van der Waals surface area contributed by atoms with E-state index in [1.165, 1.54) is 6.33 Å². The molecule has 86 valence electrons. The van der Waals surface area contributed by atoms with Crippen LogP contribution in [0.1, 0.15) is 18.3 Å². The molecule has 0 atom stereocenters. The molecule has 0 bridgehead atoms. The zero-order valence-corrected chi connectivity index (χ0v) is 9.59. The van der Waals surface area contributed by atoms with Crippen LogP contribution >= 0.6 is 0 Å². The summed E-state index contributed by atoms with van der Waals surface area (Å²) >= 11 is 0. The van der Waals surface area contributed by atoms with Crippen LogP contribution in [-0.2, 0) is 6.54 Å². The van der Waals surface area contributed by atoms with Gasteiger partial charge in [-0.15, -0.1) is 0 Å². The molecule has 1 aromatic heterocycles. The Morgan fingerprint density at radius 1 is 1.47 bits per heavy atom. The lowest BCUT2D eigenvalue weighted by Gasteiger charge is -2.06. The van der Waals surface area contributed by atoms with Gasteiger partial charge < -0.3 is 5.32 Å². The Labute approximate surface area is 99.7 Å². The van der Waals surface area contributed by atoms with Crippen LogP contribution in [0.25, 0.3) is 5.69 Å². The molecular formula is C12H13N5. The van der Waals surface area contributed by atoms with Gasteiger partial charge in [0.1, 0.15) is 12.2 Å². The first kappa shape index (κ1) is 11.3. The van der Waals surface area contributed by atoms with Gasteiger partial charge in [-0.3, -0.25) is 0 Å². The fourth-order valence-corrected chi connectivity index (χ4v) is 1.55. The quantitative estimate of drug-likeness (QED) is 0.853. The topological polar surface area (TPSA) is 66.5 Å². The lowest BCUT2D eigenvalue weighted by Crippen LogP contribution is -2.16. The molecule has 1 aromatic carbocycles. The number of hydrogen-bond donors (Lipinski definition) is 1. The highest BCUT2D eigenvalue weighted by atomic mass is 15.3. The predicted octanol–water partition coefficient (Wildman–Crippen LogP) is 1.25. The van der Waals surface area contributed by atoms with Gasteiger partial charge >= 0.3 is 0 Å². The molecule has 5 heteroatoms. The summed E-state index contributed by atoms with van der Waals surface area (Å²) in [5, 5.41) is 16.2. The normalized spacial score (nSPS) is 10.1. The molecule has 2 rings (SSSR count). The molecule has 0 amide bonds. The SMILES string of the molecule is CCNCc1ncnn1-c1cccc(C#N)c1. The van der Waals surface area contributed by atoms with Crippen molar-refractivity contribution in [1.82, 2.24) is 20.1 Å². The van der Waals surface area contributed by atoms with E-state index >= 15 is 0 Å². The lowest BCUT2D eigenvalue weighted by molar-refractivity contribution is 0.664. The van der Waals surface area contributed by atoms with Crippen molar-refractivity contribution in [1.29, 1.82) is 5.26 Å². The van der Waals surface area contributed by atoms with Crippen LogP contribution < -0.4 is 5.32 Å². The first-order valence-electron chi connectivity index (χ1n) is 5.45. The van der Waals surface area contributed by atoms with Crippen LogP contribution in [-0.4, -0.2) is 21.3 Å². The van der Waals surface area contributed by atoms with Gasteiger partial charge in [0.2, 0.25) is 0 Å². The summed E-state index contributed by atoms with van der Waals surface area (Å²) in [5.74, 6) is 0.835. The molecule has 0 spiro atoms. The fraction of sp³-hybridized carbons (Fsp3) is 0.250. The predicted molar refractivity (Wildman–Crippen MR) is 63.5 cm³/mol. The second kappa shape index (κ2) is 5.23. The molecule has 0 aliphatic heterocycles. The summed E-state index contributed by atoms with van der Waals surface area (Å²) in [6, 6.07) is 9.43. The molecule has 5 nitrogen and oxygen atoms in total. The summed E-state index contributed by atoms with van der Waals surface area (Å²) in [4.78, 5) is 4.19. The van der Waals surface area contributed by atoms with Crippen LogP contribution in [0.3, 0.4) is 0 Å². The van der Waals surface area contributed by atoms with Crippen LogP contribution in [0.5, 0.6) is 0 Å². The maximum Gasteiger partial charge on any atom is 0.146 e. The largest absolute Gasteiger partial charge is 0.310 e. The van der Waals surface area contributed by atoms with Gasteiger partial charge in [-0.25, -0.2) is 9.67 Å². The number of nitrogens with one attached hydrogen (secondary N) is 1. The Balaban J connectivity index is 2.33. The van der Waals surface area contributed by atoms with Gasteiger partial charge in [-0.05, 0) is 24.7 Å². The third-order valence-corrected chi connectivity index (χ3v) is 2.37. The van der Waals surface area contributed by atoms with Crippen LogP contribution in [0.15, 0.2) is 30.6 Å². The van der Waals surface area contributed by atoms with Crippen LogP contribution in [0.4, 0.5) is 0 Å². The van der Waals surface area contributed by atoms with E-state index in [4.69, 9.17) is 5.26 Å². The van der Waals surface area contributed by atoms with Crippen molar-refractivity contribution >= 4 is 0 Å². The highest BCUT2D eigenvalue weighted by Gasteiger charge is 2.06. The zero-order valence-electron chi connectivity index (χ0n) is 9.59. The van der Waals surface area contributed by atoms with E-state index in [-0.39, 0.29) is 0 Å². The number of nitrogens with zero attached hydrogens (tertiary/aromatic N) is 4. The average molecular weight is 227 g/mol. The Morgan fingerprint density at radius 3 is 3.12 bits per heavy atom. The Morgan fingerprint density at radius 2 is 2.35 bits per heavy atom. The zero-order chi connectivity index (χ0) is 12.1. The van der Waals surface area contributed by atoms with Crippen molar-refractivity contribution < 1.29 is 0 Å². The number of nitriles is 1. The molecule has 0 radical (unpaired) electrons. The molecule has 0 saturated heterocycles. The number of benzene rings is 1. The van der Waals surface area contributed by atoms with Crippen molar-refractivity contribution in [3.63, 3.8) is 0 Å². The highest BCUT2D eigenvalue weighted by Crippen LogP contribution is 2.10. The van der Waals surface area contributed by atoms with Crippen LogP contribution in [0, 0.1) is 11.3 Å². The van der Waals surface area contributed by atoms with Gasteiger partial charge in [-0.1, -0.05) is 13.0 Å². The molecule has 1 heterocycles. The summed E-state index contributed by atoms with van der Waals surface area (Å²) < 4.78 is 1.74. The molecule has 0 fully saturated rings. The molecule has 0 unspecified atom stereocenters. The Bertz CT molecular complexity index is 538. The van der Waals surface area contributed by atoms with Gasteiger partial charge in [0.15, 0.2) is 0 Å². The minimum absolute atomic E-state index is 0.618. The molecular weight excluding hydrogens is 214 g/mol. The van der Waals surface area contributed by atoms with E-state index in [0.717, 1.165) is 18.1 Å². The monoisotopic (exact) mass is 227 g/mol. The number of aromatic nitrogens is 3. The summed E-state index contributed by atoms with van der Waals surface area (Å²) in [5.41, 5.74) is 1.47. The van der Waals surface area contributed by atoms with E-state index in [9.17, 15) is 0 Å². The van der Waals surface area contributed by atoms with Crippen molar-refractivity contribution in [3.05, 3.63) is 42.0 Å². The van der Waals surface area contributed by atoms with Gasteiger partial charge in [0, 0.05) is 0 Å². The van der Waals surface area contributed by atoms with Gasteiger partial charge in [-0.2, -0.15) is 10.4 Å². The Hall–Kier alpha value is -2.19. The molecule has 0 aliphatic carbocycles. The minimum Gasteiger partial charge on any atom is -0.310 e. The molecule has 17 heavy (non-hydrogen) atoms. The lowest BCUT2D eigenvalue weighted by atomic mass is 10.2. The van der Waals surface area contributed by atoms with Gasteiger partial charge in [0.05, 0.1) is 23.9 Å². The van der Waals surface area contributed by atoms with E-state index in [0.29, 0.717) is 12.1 Å². The maximum absolute atomic E-state index is 8.86. The molecule has 0 saturated carbocycles. The van der Waals surface area contributed by atoms with Crippen molar-refractivity contribution in [2.24, 2.45) is 0 Å². The van der Waals surface area contributed by atoms with Crippen LogP contribution in [0.2, 0.25) is 0 Å². The molecule has 1 N–H and O–H groups in total. The first-order valence-corrected chi connectivity index (χ1v) is 5.45. The van der Waals surface area contributed by atoms with Gasteiger partial charge in [0.25, 0.3) is 0 Å². The second-order valence-corrected chi connectivity index (χ2v) is 3.53. The molecule has 2 aromatic rings. The highest BCUT2D eigenvalue weighted by molar-refractivity contribution is 5.41. The van der Waals surface area contributed by atoms with Crippen molar-refractivity contribution in [2.45, 2.75) is 13.5 Å². The summed E-state index contributed by atoms with van der Waals surface area (Å²) in [6.07, 6.45) is 1.52.